The van der Waals surface area contributed by atoms with E-state index in [0.29, 0.717) is 18.7 Å². The molecule has 7 nitrogen and oxygen atoms in total. The van der Waals surface area contributed by atoms with Crippen LogP contribution in [-0.2, 0) is 4.74 Å². The van der Waals surface area contributed by atoms with Gasteiger partial charge in [-0.3, -0.25) is 4.79 Å². The molecule has 0 radical (unpaired) electrons. The van der Waals surface area contributed by atoms with Crippen LogP contribution < -0.4 is 10.6 Å². The van der Waals surface area contributed by atoms with E-state index in [1.54, 1.807) is 29.4 Å². The average Bonchev–Trinajstić information content (AvgIpc) is 3.45. The minimum atomic E-state index is -0.380. The highest BCUT2D eigenvalue weighted by molar-refractivity contribution is 5.95. The predicted octanol–water partition coefficient (Wildman–Crippen LogP) is 4.05. The zero-order chi connectivity index (χ0) is 21.1. The number of anilines is 1. The molecule has 0 bridgehead atoms. The number of carbonyl (C=O) groups excluding carboxylic acids is 2. The van der Waals surface area contributed by atoms with E-state index in [0.717, 1.165) is 23.4 Å². The molecule has 2 aliphatic rings. The first kappa shape index (κ1) is 19.8. The largest absolute Gasteiger partial charge is 0.467 e. The van der Waals surface area contributed by atoms with Crippen LogP contribution in [0.5, 0.6) is 0 Å². The maximum atomic E-state index is 12.7. The third-order valence-corrected chi connectivity index (χ3v) is 5.63. The smallest absolute Gasteiger partial charge is 0.410 e. The molecular weight excluding hydrogens is 382 g/mol. The Morgan fingerprint density at radius 1 is 1.30 bits per heavy atom. The molecule has 1 unspecified atom stereocenters. The molecular formula is C23H25N3O4. The number of likely N-dealkylation sites (tertiary alicyclic amines) is 1. The summed E-state index contributed by atoms with van der Waals surface area (Å²) in [6, 6.07) is 9.02. The summed E-state index contributed by atoms with van der Waals surface area (Å²) >= 11 is 0. The number of fused-ring (bicyclic) bond motifs is 3. The van der Waals surface area contributed by atoms with Gasteiger partial charge in [-0.05, 0) is 42.3 Å². The third kappa shape index (κ3) is 3.58. The fraction of sp³-hybridized carbons (Fsp3) is 0.304. The number of nitrogens with zero attached hydrogens (tertiary/aromatic N) is 1. The zero-order valence-corrected chi connectivity index (χ0v) is 16.7. The van der Waals surface area contributed by atoms with Gasteiger partial charge in [-0.15, -0.1) is 6.58 Å². The highest BCUT2D eigenvalue weighted by Gasteiger charge is 2.47. The van der Waals surface area contributed by atoms with E-state index in [1.165, 1.54) is 0 Å². The number of carbonyl (C=O) groups is 2. The summed E-state index contributed by atoms with van der Waals surface area (Å²) in [6.45, 7) is 8.35. The van der Waals surface area contributed by atoms with Crippen LogP contribution in [0.2, 0.25) is 0 Å². The molecule has 1 fully saturated rings. The lowest BCUT2D eigenvalue weighted by atomic mass is 9.81. The van der Waals surface area contributed by atoms with Crippen LogP contribution in [0.3, 0.4) is 0 Å². The molecule has 2 amide bonds. The van der Waals surface area contributed by atoms with Crippen molar-refractivity contribution in [2.75, 3.05) is 25.0 Å². The molecule has 0 saturated carbocycles. The summed E-state index contributed by atoms with van der Waals surface area (Å²) in [4.78, 5) is 27.0. The van der Waals surface area contributed by atoms with Crippen molar-refractivity contribution in [1.82, 2.24) is 10.2 Å². The molecule has 2 aromatic rings. The van der Waals surface area contributed by atoms with Gasteiger partial charge >= 0.3 is 6.09 Å². The Morgan fingerprint density at radius 2 is 2.17 bits per heavy atom. The SMILES string of the molecule is C=CCNC(=O)c1ccc2c(c1)[C@@H]1[C@@H](CCN1C(=O)OCC=C)C(c1ccco1)N2. The second-order valence-electron chi connectivity index (χ2n) is 7.39. The number of hydrogen-bond acceptors (Lipinski definition) is 5. The third-order valence-electron chi connectivity index (χ3n) is 5.63. The van der Waals surface area contributed by atoms with Gasteiger partial charge in [0.05, 0.1) is 18.3 Å². The number of ether oxygens (including phenoxy) is 1. The quantitative estimate of drug-likeness (QED) is 0.706. The van der Waals surface area contributed by atoms with Gasteiger partial charge in [0, 0.05) is 30.3 Å². The lowest BCUT2D eigenvalue weighted by Gasteiger charge is -2.38. The lowest BCUT2D eigenvalue weighted by Crippen LogP contribution is -2.38. The van der Waals surface area contributed by atoms with Crippen molar-refractivity contribution < 1.29 is 18.7 Å². The molecule has 1 saturated heterocycles. The summed E-state index contributed by atoms with van der Waals surface area (Å²) in [7, 11) is 0. The van der Waals surface area contributed by atoms with E-state index in [1.807, 2.05) is 24.3 Å². The van der Waals surface area contributed by atoms with Gasteiger partial charge in [0.2, 0.25) is 0 Å². The molecule has 156 valence electrons. The predicted molar refractivity (Wildman–Crippen MR) is 113 cm³/mol. The van der Waals surface area contributed by atoms with E-state index in [-0.39, 0.29) is 36.6 Å². The average molecular weight is 407 g/mol. The summed E-state index contributed by atoms with van der Waals surface area (Å²) < 4.78 is 11.0. The number of hydrogen-bond donors (Lipinski definition) is 2. The Bertz CT molecular complexity index is 953. The lowest BCUT2D eigenvalue weighted by molar-refractivity contribution is 0.0957. The first-order chi connectivity index (χ1) is 14.6. The van der Waals surface area contributed by atoms with Crippen LogP contribution in [0.25, 0.3) is 0 Å². The van der Waals surface area contributed by atoms with Gasteiger partial charge in [-0.1, -0.05) is 18.7 Å². The maximum absolute atomic E-state index is 12.7. The molecule has 1 aromatic heterocycles. The molecule has 0 spiro atoms. The molecule has 2 N–H and O–H groups in total. The molecule has 30 heavy (non-hydrogen) atoms. The number of nitrogens with one attached hydrogen (secondary N) is 2. The number of furan rings is 1. The number of rotatable bonds is 6. The standard InChI is InChI=1S/C23H25N3O4/c1-3-10-24-22(27)15-7-8-18-17(14-15)21-16(20(25-18)19-6-5-13-29-19)9-11-26(21)23(28)30-12-4-2/h3-8,13-14,16,20-21,25H,1-2,9-12H2,(H,24,27)/t16-,20?,21-/m0/s1. The van der Waals surface area contributed by atoms with Crippen LogP contribution in [0, 0.1) is 5.92 Å². The molecule has 0 aliphatic carbocycles. The van der Waals surface area contributed by atoms with Crippen LogP contribution in [0.4, 0.5) is 10.5 Å². The minimum Gasteiger partial charge on any atom is -0.467 e. The van der Waals surface area contributed by atoms with Gasteiger partial charge in [-0.2, -0.15) is 0 Å². The van der Waals surface area contributed by atoms with Crippen LogP contribution in [-0.4, -0.2) is 36.6 Å². The van der Waals surface area contributed by atoms with E-state index in [9.17, 15) is 9.59 Å². The summed E-state index contributed by atoms with van der Waals surface area (Å²) in [5, 5.41) is 6.35. The van der Waals surface area contributed by atoms with Crippen LogP contribution in [0.15, 0.2) is 66.3 Å². The summed E-state index contributed by atoms with van der Waals surface area (Å²) in [5.74, 6) is 0.734. The molecule has 1 aromatic carbocycles. The first-order valence-corrected chi connectivity index (χ1v) is 10.0. The van der Waals surface area contributed by atoms with Crippen molar-refractivity contribution in [2.24, 2.45) is 5.92 Å². The van der Waals surface area contributed by atoms with E-state index in [2.05, 4.69) is 23.8 Å². The molecule has 3 heterocycles. The fourth-order valence-corrected chi connectivity index (χ4v) is 4.35. The second-order valence-corrected chi connectivity index (χ2v) is 7.39. The molecule has 4 rings (SSSR count). The highest BCUT2D eigenvalue weighted by Crippen LogP contribution is 2.51. The number of benzene rings is 1. The van der Waals surface area contributed by atoms with Crippen molar-refractivity contribution in [3.05, 3.63) is 78.8 Å². The van der Waals surface area contributed by atoms with Gasteiger partial charge in [0.1, 0.15) is 12.4 Å². The fourth-order valence-electron chi connectivity index (χ4n) is 4.35. The second kappa shape index (κ2) is 8.49. The van der Waals surface area contributed by atoms with Gasteiger partial charge in [0.15, 0.2) is 0 Å². The molecule has 7 heteroatoms. The van der Waals surface area contributed by atoms with Crippen molar-refractivity contribution >= 4 is 17.7 Å². The number of amides is 2. The monoisotopic (exact) mass is 407 g/mol. The van der Waals surface area contributed by atoms with E-state index >= 15 is 0 Å². The van der Waals surface area contributed by atoms with Crippen molar-refractivity contribution in [1.29, 1.82) is 0 Å². The first-order valence-electron chi connectivity index (χ1n) is 10.0. The topological polar surface area (TPSA) is 83.8 Å². The summed E-state index contributed by atoms with van der Waals surface area (Å²) in [6.07, 6.45) is 5.25. The van der Waals surface area contributed by atoms with Crippen LogP contribution in [0.1, 0.15) is 40.2 Å². The van der Waals surface area contributed by atoms with Gasteiger partial charge < -0.3 is 24.7 Å². The van der Waals surface area contributed by atoms with Crippen molar-refractivity contribution in [3.8, 4) is 0 Å². The normalized spacial score (nSPS) is 21.7. The highest BCUT2D eigenvalue weighted by atomic mass is 16.6. The Kier molecular flexibility index (Phi) is 5.61. The van der Waals surface area contributed by atoms with Gasteiger partial charge in [0.25, 0.3) is 5.91 Å². The molecule has 3 atom stereocenters. The maximum Gasteiger partial charge on any atom is 0.410 e. The van der Waals surface area contributed by atoms with E-state index in [4.69, 9.17) is 9.15 Å². The minimum absolute atomic E-state index is 0.0739. The Hall–Kier alpha value is -3.48. The summed E-state index contributed by atoms with van der Waals surface area (Å²) in [5.41, 5.74) is 2.32. The van der Waals surface area contributed by atoms with Gasteiger partial charge in [-0.25, -0.2) is 4.79 Å². The van der Waals surface area contributed by atoms with E-state index < -0.39 is 0 Å². The Labute approximate surface area is 175 Å². The Balaban J connectivity index is 1.72. The Morgan fingerprint density at radius 3 is 2.90 bits per heavy atom. The van der Waals surface area contributed by atoms with Crippen LogP contribution >= 0.6 is 0 Å². The van der Waals surface area contributed by atoms with Crippen molar-refractivity contribution in [2.45, 2.75) is 18.5 Å². The molecule has 2 aliphatic heterocycles. The zero-order valence-electron chi connectivity index (χ0n) is 16.7. The van der Waals surface area contributed by atoms with Crippen molar-refractivity contribution in [3.63, 3.8) is 0 Å².